The molecule has 0 aromatic heterocycles. The summed E-state index contributed by atoms with van der Waals surface area (Å²) in [6.07, 6.45) is -5.11. The van der Waals surface area contributed by atoms with E-state index in [-0.39, 0.29) is 24.3 Å². The fourth-order valence-corrected chi connectivity index (χ4v) is 2.52. The van der Waals surface area contributed by atoms with E-state index in [0.29, 0.717) is 0 Å². The molecule has 2 heterocycles. The summed E-state index contributed by atoms with van der Waals surface area (Å²) < 4.78 is 44.8. The van der Waals surface area contributed by atoms with Gasteiger partial charge in [0.1, 0.15) is 5.75 Å². The molecular weight excluding hydrogens is 247 g/mol. The van der Waals surface area contributed by atoms with Crippen molar-refractivity contribution in [3.05, 3.63) is 23.8 Å². The first-order valence-corrected chi connectivity index (χ1v) is 5.55. The molecule has 0 saturated carbocycles. The van der Waals surface area contributed by atoms with Crippen LogP contribution in [0.1, 0.15) is 18.4 Å². The van der Waals surface area contributed by atoms with Crippen molar-refractivity contribution in [3.8, 4) is 5.75 Å². The zero-order chi connectivity index (χ0) is 13.1. The minimum Gasteiger partial charge on any atom is -0.455 e. The number of hydrogen-bond donors (Lipinski definition) is 0. The molecule has 1 unspecified atom stereocenters. The van der Waals surface area contributed by atoms with Crippen LogP contribution in [0.5, 0.6) is 5.75 Å². The highest BCUT2D eigenvalue weighted by atomic mass is 19.4. The van der Waals surface area contributed by atoms with E-state index in [1.54, 1.807) is 19.1 Å². The Hall–Kier alpha value is -1.72. The Balaban J connectivity index is 2.19. The van der Waals surface area contributed by atoms with E-state index >= 15 is 0 Å². The number of carbonyl (C=O) groups is 1. The normalized spacial score (nSPS) is 26.0. The highest BCUT2D eigenvalue weighted by Crippen LogP contribution is 2.54. The lowest BCUT2D eigenvalue weighted by Crippen LogP contribution is -2.57. The van der Waals surface area contributed by atoms with E-state index in [9.17, 15) is 18.0 Å². The van der Waals surface area contributed by atoms with Crippen LogP contribution in [0.25, 0.3) is 0 Å². The molecule has 1 aromatic rings. The molecule has 0 aliphatic carbocycles. The standard InChI is InChI=1S/C12H10F3NO2/c1-7-2-3-9-8(6-7)16-10(17)4-5-11(16,18-9)12(13,14)15/h2-3,6H,4-5H2,1H3. The molecule has 0 N–H and O–H groups in total. The molecule has 3 nitrogen and oxygen atoms in total. The summed E-state index contributed by atoms with van der Waals surface area (Å²) in [5.41, 5.74) is -1.50. The quantitative estimate of drug-likeness (QED) is 0.715. The number of alkyl halides is 3. The van der Waals surface area contributed by atoms with E-state index in [2.05, 4.69) is 0 Å². The van der Waals surface area contributed by atoms with Gasteiger partial charge in [-0.05, 0) is 24.6 Å². The third kappa shape index (κ3) is 1.23. The summed E-state index contributed by atoms with van der Waals surface area (Å²) in [5, 5.41) is 0. The van der Waals surface area contributed by atoms with Gasteiger partial charge in [0, 0.05) is 12.8 Å². The summed E-state index contributed by atoms with van der Waals surface area (Å²) in [6.45, 7) is 1.76. The maximum atomic E-state index is 13.2. The largest absolute Gasteiger partial charge is 0.455 e. The van der Waals surface area contributed by atoms with Gasteiger partial charge in [-0.25, -0.2) is 0 Å². The van der Waals surface area contributed by atoms with Crippen LogP contribution in [-0.4, -0.2) is 17.8 Å². The average Bonchev–Trinajstić information content (AvgIpc) is 2.75. The first-order chi connectivity index (χ1) is 8.35. The topological polar surface area (TPSA) is 29.5 Å². The number of anilines is 1. The number of benzene rings is 1. The van der Waals surface area contributed by atoms with Crippen LogP contribution < -0.4 is 9.64 Å². The van der Waals surface area contributed by atoms with Crippen LogP contribution in [0, 0.1) is 6.92 Å². The van der Waals surface area contributed by atoms with Crippen molar-refractivity contribution < 1.29 is 22.7 Å². The van der Waals surface area contributed by atoms with Gasteiger partial charge in [0.15, 0.2) is 0 Å². The Morgan fingerprint density at radius 3 is 2.78 bits per heavy atom. The van der Waals surface area contributed by atoms with Crippen LogP contribution in [0.4, 0.5) is 18.9 Å². The van der Waals surface area contributed by atoms with Gasteiger partial charge in [-0.1, -0.05) is 6.07 Å². The minimum atomic E-state index is -4.61. The Morgan fingerprint density at radius 2 is 2.11 bits per heavy atom. The Kier molecular flexibility index (Phi) is 2.01. The molecule has 0 radical (unpaired) electrons. The maximum Gasteiger partial charge on any atom is 0.449 e. The zero-order valence-electron chi connectivity index (χ0n) is 9.54. The van der Waals surface area contributed by atoms with Crippen LogP contribution in [0.2, 0.25) is 0 Å². The van der Waals surface area contributed by atoms with Crippen LogP contribution >= 0.6 is 0 Å². The van der Waals surface area contributed by atoms with Crippen molar-refractivity contribution in [3.63, 3.8) is 0 Å². The fourth-order valence-electron chi connectivity index (χ4n) is 2.52. The molecule has 1 aromatic carbocycles. The first-order valence-electron chi connectivity index (χ1n) is 5.55. The van der Waals surface area contributed by atoms with Gasteiger partial charge in [-0.3, -0.25) is 9.69 Å². The van der Waals surface area contributed by atoms with Crippen LogP contribution in [0.15, 0.2) is 18.2 Å². The molecule has 1 fully saturated rings. The SMILES string of the molecule is Cc1ccc2c(c1)N1C(=O)CCC1(C(F)(F)F)O2. The predicted molar refractivity (Wildman–Crippen MR) is 57.3 cm³/mol. The first kappa shape index (κ1) is 11.4. The van der Waals surface area contributed by atoms with Gasteiger partial charge in [0.2, 0.25) is 5.91 Å². The molecular formula is C12H10F3NO2. The number of nitrogens with zero attached hydrogens (tertiary/aromatic N) is 1. The van der Waals surface area contributed by atoms with Gasteiger partial charge in [-0.15, -0.1) is 0 Å². The molecule has 2 aliphatic heterocycles. The highest BCUT2D eigenvalue weighted by Gasteiger charge is 2.69. The van der Waals surface area contributed by atoms with E-state index in [0.717, 1.165) is 10.5 Å². The number of rotatable bonds is 0. The number of carbonyl (C=O) groups excluding carboxylic acids is 1. The Morgan fingerprint density at radius 1 is 1.39 bits per heavy atom. The van der Waals surface area contributed by atoms with Gasteiger partial charge in [0.25, 0.3) is 5.72 Å². The van der Waals surface area contributed by atoms with E-state index in [4.69, 9.17) is 4.74 Å². The lowest BCUT2D eigenvalue weighted by atomic mass is 10.1. The molecule has 1 saturated heterocycles. The van der Waals surface area contributed by atoms with Crippen LogP contribution in [0.3, 0.4) is 0 Å². The molecule has 96 valence electrons. The molecule has 2 aliphatic rings. The molecule has 1 amide bonds. The van der Waals surface area contributed by atoms with Crippen molar-refractivity contribution >= 4 is 11.6 Å². The summed E-state index contributed by atoms with van der Waals surface area (Å²) in [7, 11) is 0. The smallest absolute Gasteiger partial charge is 0.449 e. The zero-order valence-corrected chi connectivity index (χ0v) is 9.54. The fraction of sp³-hybridized carbons (Fsp3) is 0.417. The monoisotopic (exact) mass is 257 g/mol. The number of amides is 1. The molecule has 3 rings (SSSR count). The summed E-state index contributed by atoms with van der Waals surface area (Å²) in [5.74, 6) is -0.428. The lowest BCUT2D eigenvalue weighted by molar-refractivity contribution is -0.238. The number of aryl methyl sites for hydroxylation is 1. The Labute approximate surface area is 101 Å². The highest BCUT2D eigenvalue weighted by molar-refractivity contribution is 6.00. The van der Waals surface area contributed by atoms with Crippen molar-refractivity contribution in [1.82, 2.24) is 0 Å². The third-order valence-electron chi connectivity index (χ3n) is 3.37. The number of halogens is 3. The van der Waals surface area contributed by atoms with Crippen molar-refractivity contribution in [1.29, 1.82) is 0 Å². The summed E-state index contributed by atoms with van der Waals surface area (Å²) in [4.78, 5) is 12.5. The maximum absolute atomic E-state index is 13.2. The molecule has 1 atom stereocenters. The van der Waals surface area contributed by atoms with Crippen molar-refractivity contribution in [2.45, 2.75) is 31.7 Å². The van der Waals surface area contributed by atoms with Gasteiger partial charge < -0.3 is 4.74 Å². The van der Waals surface area contributed by atoms with Crippen molar-refractivity contribution in [2.24, 2.45) is 0 Å². The van der Waals surface area contributed by atoms with E-state index < -0.39 is 17.8 Å². The third-order valence-corrected chi connectivity index (χ3v) is 3.37. The van der Waals surface area contributed by atoms with Gasteiger partial charge in [0.05, 0.1) is 5.69 Å². The predicted octanol–water partition coefficient (Wildman–Crippen LogP) is 2.77. The lowest BCUT2D eigenvalue weighted by Gasteiger charge is -2.32. The number of ether oxygens (including phenoxy) is 1. The number of fused-ring (bicyclic) bond motifs is 3. The van der Waals surface area contributed by atoms with E-state index in [1.165, 1.54) is 6.07 Å². The second-order valence-electron chi connectivity index (χ2n) is 4.58. The van der Waals surface area contributed by atoms with E-state index in [1.807, 2.05) is 0 Å². The van der Waals surface area contributed by atoms with Gasteiger partial charge in [-0.2, -0.15) is 13.2 Å². The minimum absolute atomic E-state index is 0.117. The summed E-state index contributed by atoms with van der Waals surface area (Å²) in [6, 6.07) is 4.69. The molecule has 0 spiro atoms. The second kappa shape index (κ2) is 3.18. The molecule has 6 heteroatoms. The molecule has 18 heavy (non-hydrogen) atoms. The van der Waals surface area contributed by atoms with Crippen LogP contribution in [-0.2, 0) is 4.79 Å². The number of hydrogen-bond acceptors (Lipinski definition) is 2. The molecule has 0 bridgehead atoms. The average molecular weight is 257 g/mol. The van der Waals surface area contributed by atoms with Gasteiger partial charge >= 0.3 is 6.18 Å². The Bertz CT molecular complexity index is 541. The summed E-state index contributed by atoms with van der Waals surface area (Å²) >= 11 is 0. The second-order valence-corrected chi connectivity index (χ2v) is 4.58. The van der Waals surface area contributed by atoms with Crippen molar-refractivity contribution in [2.75, 3.05) is 4.90 Å².